The molecule has 0 atom stereocenters. The average Bonchev–Trinajstić information content (AvgIpc) is 2.40. The Hall–Kier alpha value is -1.57. The van der Waals surface area contributed by atoms with Crippen molar-refractivity contribution in [1.82, 2.24) is 0 Å². The van der Waals surface area contributed by atoms with E-state index < -0.39 is 0 Å². The Bertz CT molecular complexity index is 571. The smallest absolute Gasteiger partial charge is 0.187 e. The van der Waals surface area contributed by atoms with Gasteiger partial charge in [0.1, 0.15) is 0 Å². The van der Waals surface area contributed by atoms with Gasteiger partial charge in [-0.05, 0) is 17.7 Å². The van der Waals surface area contributed by atoms with Crippen molar-refractivity contribution < 1.29 is 4.79 Å². The summed E-state index contributed by atoms with van der Waals surface area (Å²) in [6, 6.07) is 16.0. The van der Waals surface area contributed by atoms with Crippen LogP contribution in [0.25, 0.3) is 5.03 Å². The van der Waals surface area contributed by atoms with Gasteiger partial charge in [-0.2, -0.15) is 0 Å². The normalized spacial score (nSPS) is 11.3. The summed E-state index contributed by atoms with van der Waals surface area (Å²) >= 11 is 11.9. The van der Waals surface area contributed by atoms with E-state index in [9.17, 15) is 4.79 Å². The molecule has 3 heteroatoms. The van der Waals surface area contributed by atoms with Crippen LogP contribution >= 0.6 is 23.2 Å². The number of hydrogen-bond donors (Lipinski definition) is 0. The molecule has 0 saturated carbocycles. The van der Waals surface area contributed by atoms with Crippen molar-refractivity contribution in [2.75, 3.05) is 0 Å². The number of benzene rings is 2. The zero-order valence-electron chi connectivity index (χ0n) is 9.44. The van der Waals surface area contributed by atoms with Gasteiger partial charge < -0.3 is 0 Å². The van der Waals surface area contributed by atoms with Crippen molar-refractivity contribution in [2.24, 2.45) is 0 Å². The maximum Gasteiger partial charge on any atom is 0.187 e. The molecular formula is C15H10Cl2O. The second-order valence-corrected chi connectivity index (χ2v) is 4.57. The lowest BCUT2D eigenvalue weighted by Crippen LogP contribution is -1.94. The predicted octanol–water partition coefficient (Wildman–Crippen LogP) is 4.80. The van der Waals surface area contributed by atoms with E-state index in [1.165, 1.54) is 6.08 Å². The molecule has 2 aromatic rings. The monoisotopic (exact) mass is 276 g/mol. The quantitative estimate of drug-likeness (QED) is 0.581. The van der Waals surface area contributed by atoms with E-state index in [4.69, 9.17) is 23.2 Å². The third-order valence-electron chi connectivity index (χ3n) is 2.44. The fraction of sp³-hybridized carbons (Fsp3) is 0. The third-order valence-corrected chi connectivity index (χ3v) is 3.02. The topological polar surface area (TPSA) is 17.1 Å². The van der Waals surface area contributed by atoms with Crippen LogP contribution in [0.1, 0.15) is 15.9 Å². The summed E-state index contributed by atoms with van der Waals surface area (Å²) < 4.78 is 0. The first-order valence-corrected chi connectivity index (χ1v) is 6.15. The van der Waals surface area contributed by atoms with Crippen molar-refractivity contribution in [2.45, 2.75) is 0 Å². The van der Waals surface area contributed by atoms with E-state index in [1.807, 2.05) is 18.2 Å². The zero-order valence-corrected chi connectivity index (χ0v) is 10.9. The molecular weight excluding hydrogens is 267 g/mol. The van der Waals surface area contributed by atoms with Gasteiger partial charge in [-0.25, -0.2) is 0 Å². The molecule has 0 radical (unpaired) electrons. The van der Waals surface area contributed by atoms with Crippen LogP contribution in [0.3, 0.4) is 0 Å². The second kappa shape index (κ2) is 5.85. The molecule has 0 saturated heterocycles. The molecule has 0 aliphatic carbocycles. The lowest BCUT2D eigenvalue weighted by Gasteiger charge is -2.00. The largest absolute Gasteiger partial charge is 0.289 e. The summed E-state index contributed by atoms with van der Waals surface area (Å²) in [5.74, 6) is -0.115. The minimum atomic E-state index is -0.115. The van der Waals surface area contributed by atoms with E-state index in [-0.39, 0.29) is 5.78 Å². The van der Waals surface area contributed by atoms with E-state index in [1.54, 1.807) is 36.4 Å². The van der Waals surface area contributed by atoms with Crippen LogP contribution in [0, 0.1) is 0 Å². The third kappa shape index (κ3) is 3.22. The van der Waals surface area contributed by atoms with Gasteiger partial charge in [0.15, 0.2) is 5.78 Å². The summed E-state index contributed by atoms with van der Waals surface area (Å²) in [7, 11) is 0. The van der Waals surface area contributed by atoms with Gasteiger partial charge in [0.25, 0.3) is 0 Å². The first kappa shape index (κ1) is 12.9. The Kier molecular flexibility index (Phi) is 4.19. The van der Waals surface area contributed by atoms with Gasteiger partial charge in [0.05, 0.1) is 5.03 Å². The Morgan fingerprint density at radius 3 is 2.11 bits per heavy atom. The maximum atomic E-state index is 11.9. The molecule has 0 aliphatic rings. The molecule has 2 aromatic carbocycles. The number of rotatable bonds is 3. The number of carbonyl (C=O) groups is 1. The molecule has 0 spiro atoms. The molecule has 2 rings (SSSR count). The van der Waals surface area contributed by atoms with E-state index in [2.05, 4.69) is 0 Å². The summed E-state index contributed by atoms with van der Waals surface area (Å²) in [6.07, 6.45) is 1.42. The van der Waals surface area contributed by atoms with Crippen LogP contribution in [0.5, 0.6) is 0 Å². The summed E-state index contributed by atoms with van der Waals surface area (Å²) in [5, 5.41) is 1.04. The highest BCUT2D eigenvalue weighted by Gasteiger charge is 2.04. The van der Waals surface area contributed by atoms with Crippen molar-refractivity contribution in [1.29, 1.82) is 0 Å². The van der Waals surface area contributed by atoms with E-state index in [0.29, 0.717) is 15.6 Å². The van der Waals surface area contributed by atoms with Gasteiger partial charge >= 0.3 is 0 Å². The fourth-order valence-electron chi connectivity index (χ4n) is 1.49. The predicted molar refractivity (Wildman–Crippen MR) is 76.1 cm³/mol. The highest BCUT2D eigenvalue weighted by Crippen LogP contribution is 2.21. The first-order chi connectivity index (χ1) is 8.66. The molecule has 1 nitrogen and oxygen atoms in total. The lowest BCUT2D eigenvalue weighted by atomic mass is 10.1. The van der Waals surface area contributed by atoms with Crippen LogP contribution in [-0.4, -0.2) is 5.78 Å². The van der Waals surface area contributed by atoms with Gasteiger partial charge in [0.2, 0.25) is 0 Å². The Balaban J connectivity index is 2.23. The van der Waals surface area contributed by atoms with Crippen LogP contribution < -0.4 is 0 Å². The van der Waals surface area contributed by atoms with Crippen LogP contribution in [-0.2, 0) is 0 Å². The number of halogens is 2. The first-order valence-electron chi connectivity index (χ1n) is 5.39. The van der Waals surface area contributed by atoms with E-state index >= 15 is 0 Å². The number of carbonyl (C=O) groups excluding carboxylic acids is 1. The number of hydrogen-bond acceptors (Lipinski definition) is 1. The van der Waals surface area contributed by atoms with Gasteiger partial charge in [-0.3, -0.25) is 4.79 Å². The Morgan fingerprint density at radius 1 is 0.889 bits per heavy atom. The molecule has 18 heavy (non-hydrogen) atoms. The molecule has 0 fully saturated rings. The van der Waals surface area contributed by atoms with Crippen molar-refractivity contribution in [3.8, 4) is 0 Å². The van der Waals surface area contributed by atoms with Gasteiger partial charge in [0, 0.05) is 16.7 Å². The maximum absolute atomic E-state index is 11.9. The number of ketones is 1. The van der Waals surface area contributed by atoms with Crippen molar-refractivity contribution in [3.05, 3.63) is 76.8 Å². The molecule has 0 N–H and O–H groups in total. The minimum Gasteiger partial charge on any atom is -0.289 e. The van der Waals surface area contributed by atoms with Crippen LogP contribution in [0.4, 0.5) is 0 Å². The zero-order chi connectivity index (χ0) is 13.0. The van der Waals surface area contributed by atoms with Crippen LogP contribution in [0.2, 0.25) is 5.02 Å². The molecule has 0 unspecified atom stereocenters. The summed E-state index contributed by atoms with van der Waals surface area (Å²) in [5.41, 5.74) is 1.38. The molecule has 0 heterocycles. The van der Waals surface area contributed by atoms with Crippen molar-refractivity contribution in [3.63, 3.8) is 0 Å². The molecule has 0 amide bonds. The standard InChI is InChI=1S/C15H10Cl2O/c16-13-8-6-11(7-9-13)14(17)10-15(18)12-4-2-1-3-5-12/h1-10H/b14-10-. The van der Waals surface area contributed by atoms with Crippen LogP contribution in [0.15, 0.2) is 60.7 Å². The molecule has 0 aliphatic heterocycles. The highest BCUT2D eigenvalue weighted by atomic mass is 35.5. The average molecular weight is 277 g/mol. The lowest BCUT2D eigenvalue weighted by molar-refractivity contribution is 0.104. The Morgan fingerprint density at radius 2 is 1.50 bits per heavy atom. The number of allylic oxidation sites excluding steroid dienone is 1. The summed E-state index contributed by atoms with van der Waals surface area (Å²) in [4.78, 5) is 11.9. The highest BCUT2D eigenvalue weighted by molar-refractivity contribution is 6.50. The Labute approximate surface area is 116 Å². The fourth-order valence-corrected chi connectivity index (χ4v) is 1.84. The van der Waals surface area contributed by atoms with Gasteiger partial charge in [-0.1, -0.05) is 65.7 Å². The molecule has 0 bridgehead atoms. The van der Waals surface area contributed by atoms with Gasteiger partial charge in [-0.15, -0.1) is 0 Å². The summed E-state index contributed by atoms with van der Waals surface area (Å²) in [6.45, 7) is 0. The molecule has 90 valence electrons. The SMILES string of the molecule is O=C(/C=C(\Cl)c1ccc(Cl)cc1)c1ccccc1. The van der Waals surface area contributed by atoms with E-state index in [0.717, 1.165) is 5.56 Å². The molecule has 0 aromatic heterocycles. The minimum absolute atomic E-state index is 0.115. The second-order valence-electron chi connectivity index (χ2n) is 3.73. The van der Waals surface area contributed by atoms with Crippen molar-refractivity contribution >= 4 is 34.0 Å².